The van der Waals surface area contributed by atoms with Crippen LogP contribution in [0.15, 0.2) is 48.5 Å². The molecule has 2 aromatic rings. The van der Waals surface area contributed by atoms with Gasteiger partial charge in [-0.05, 0) is 30.7 Å². The predicted octanol–water partition coefficient (Wildman–Crippen LogP) is 3.81. The highest BCUT2D eigenvalue weighted by Gasteiger charge is 2.15. The number of rotatable bonds is 8. The standard InChI is InChI=1S/C19H23NO3S/c1-14(17-11-16(22-2)9-10-18(17)23-3)20-19(21)13-24-12-15-7-5-4-6-8-15/h4-11,14H,12-13H2,1-3H3,(H,20,21)/t14-/m0/s1. The zero-order valence-electron chi connectivity index (χ0n) is 14.2. The highest BCUT2D eigenvalue weighted by atomic mass is 32.2. The van der Waals surface area contributed by atoms with E-state index in [1.54, 1.807) is 26.0 Å². The number of hydrogen-bond donors (Lipinski definition) is 1. The number of hydrogen-bond acceptors (Lipinski definition) is 4. The van der Waals surface area contributed by atoms with Gasteiger partial charge in [-0.1, -0.05) is 30.3 Å². The fraction of sp³-hybridized carbons (Fsp3) is 0.316. The minimum atomic E-state index is -0.153. The number of ether oxygens (including phenoxy) is 2. The van der Waals surface area contributed by atoms with Crippen LogP contribution in [-0.4, -0.2) is 25.9 Å². The van der Waals surface area contributed by atoms with E-state index < -0.39 is 0 Å². The summed E-state index contributed by atoms with van der Waals surface area (Å²) in [5, 5.41) is 3.01. The maximum absolute atomic E-state index is 12.2. The molecule has 0 heterocycles. The summed E-state index contributed by atoms with van der Waals surface area (Å²) in [6.07, 6.45) is 0. The van der Waals surface area contributed by atoms with Crippen molar-refractivity contribution in [3.63, 3.8) is 0 Å². The first-order valence-corrected chi connectivity index (χ1v) is 8.92. The number of methoxy groups -OCH3 is 2. The largest absolute Gasteiger partial charge is 0.497 e. The van der Waals surface area contributed by atoms with Gasteiger partial charge in [0.25, 0.3) is 0 Å². The molecule has 1 N–H and O–H groups in total. The Morgan fingerprint density at radius 3 is 2.54 bits per heavy atom. The average molecular weight is 345 g/mol. The lowest BCUT2D eigenvalue weighted by atomic mass is 10.1. The van der Waals surface area contributed by atoms with Crippen LogP contribution in [0, 0.1) is 0 Å². The molecular weight excluding hydrogens is 322 g/mol. The van der Waals surface area contributed by atoms with E-state index in [4.69, 9.17) is 9.47 Å². The maximum Gasteiger partial charge on any atom is 0.230 e. The van der Waals surface area contributed by atoms with Crippen LogP contribution in [0.4, 0.5) is 0 Å². The fourth-order valence-corrected chi connectivity index (χ4v) is 3.17. The molecule has 1 atom stereocenters. The molecule has 0 saturated carbocycles. The van der Waals surface area contributed by atoms with Crippen LogP contribution in [0.3, 0.4) is 0 Å². The molecule has 128 valence electrons. The van der Waals surface area contributed by atoms with Gasteiger partial charge in [-0.3, -0.25) is 4.79 Å². The van der Waals surface area contributed by atoms with Crippen molar-refractivity contribution in [1.82, 2.24) is 5.32 Å². The van der Waals surface area contributed by atoms with Crippen LogP contribution >= 0.6 is 11.8 Å². The summed E-state index contributed by atoms with van der Waals surface area (Å²) in [5.74, 6) is 2.73. The zero-order chi connectivity index (χ0) is 17.4. The van der Waals surface area contributed by atoms with Crippen molar-refractivity contribution in [2.75, 3.05) is 20.0 Å². The lowest BCUT2D eigenvalue weighted by Gasteiger charge is -2.18. The third-order valence-electron chi connectivity index (χ3n) is 3.63. The van der Waals surface area contributed by atoms with Crippen molar-refractivity contribution in [3.8, 4) is 11.5 Å². The lowest BCUT2D eigenvalue weighted by molar-refractivity contribution is -0.119. The molecule has 0 aliphatic carbocycles. The van der Waals surface area contributed by atoms with Gasteiger partial charge in [0, 0.05) is 11.3 Å². The minimum Gasteiger partial charge on any atom is -0.497 e. The Hall–Kier alpha value is -2.14. The molecule has 0 aliphatic heterocycles. The topological polar surface area (TPSA) is 47.6 Å². The van der Waals surface area contributed by atoms with Gasteiger partial charge in [-0.25, -0.2) is 0 Å². The van der Waals surface area contributed by atoms with Crippen molar-refractivity contribution >= 4 is 17.7 Å². The summed E-state index contributed by atoms with van der Waals surface area (Å²) in [7, 11) is 3.24. The second kappa shape index (κ2) is 9.23. The molecule has 2 aromatic carbocycles. The maximum atomic E-state index is 12.2. The molecular formula is C19H23NO3S. The van der Waals surface area contributed by atoms with E-state index in [1.807, 2.05) is 43.3 Å². The van der Waals surface area contributed by atoms with Gasteiger partial charge >= 0.3 is 0 Å². The average Bonchev–Trinajstić information content (AvgIpc) is 2.62. The third-order valence-corrected chi connectivity index (χ3v) is 4.63. The first-order valence-electron chi connectivity index (χ1n) is 7.77. The number of carbonyl (C=O) groups excluding carboxylic acids is 1. The molecule has 0 aromatic heterocycles. The van der Waals surface area contributed by atoms with E-state index in [-0.39, 0.29) is 11.9 Å². The van der Waals surface area contributed by atoms with Gasteiger partial charge in [0.05, 0.1) is 26.0 Å². The van der Waals surface area contributed by atoms with Crippen LogP contribution in [-0.2, 0) is 10.5 Å². The number of thioether (sulfide) groups is 1. The number of benzene rings is 2. The highest BCUT2D eigenvalue weighted by molar-refractivity contribution is 7.99. The molecule has 4 nitrogen and oxygen atoms in total. The Kier molecular flexibility index (Phi) is 7.00. The lowest BCUT2D eigenvalue weighted by Crippen LogP contribution is -2.28. The summed E-state index contributed by atoms with van der Waals surface area (Å²) < 4.78 is 10.6. The number of carbonyl (C=O) groups is 1. The van der Waals surface area contributed by atoms with Crippen molar-refractivity contribution in [1.29, 1.82) is 0 Å². The van der Waals surface area contributed by atoms with Gasteiger partial charge in [-0.15, -0.1) is 11.8 Å². The van der Waals surface area contributed by atoms with E-state index in [1.165, 1.54) is 5.56 Å². The quantitative estimate of drug-likeness (QED) is 0.790. The van der Waals surface area contributed by atoms with E-state index in [0.29, 0.717) is 5.75 Å². The van der Waals surface area contributed by atoms with E-state index in [0.717, 1.165) is 22.8 Å². The highest BCUT2D eigenvalue weighted by Crippen LogP contribution is 2.29. The van der Waals surface area contributed by atoms with Gasteiger partial charge < -0.3 is 14.8 Å². The summed E-state index contributed by atoms with van der Waals surface area (Å²) in [5.41, 5.74) is 2.12. The second-order valence-electron chi connectivity index (χ2n) is 5.38. The molecule has 5 heteroatoms. The number of amides is 1. The Bertz CT molecular complexity index is 661. The summed E-state index contributed by atoms with van der Waals surface area (Å²) in [6, 6.07) is 15.6. The van der Waals surface area contributed by atoms with E-state index >= 15 is 0 Å². The molecule has 0 saturated heterocycles. The summed E-state index contributed by atoms with van der Waals surface area (Å²) in [4.78, 5) is 12.2. The van der Waals surface area contributed by atoms with Gasteiger partial charge in [-0.2, -0.15) is 0 Å². The van der Waals surface area contributed by atoms with Crippen molar-refractivity contribution in [2.45, 2.75) is 18.7 Å². The Morgan fingerprint density at radius 2 is 1.88 bits per heavy atom. The van der Waals surface area contributed by atoms with Gasteiger partial charge in [0.15, 0.2) is 0 Å². The molecule has 1 amide bonds. The Labute approximate surface area is 147 Å². The van der Waals surface area contributed by atoms with E-state index in [9.17, 15) is 4.79 Å². The molecule has 0 aliphatic rings. The molecule has 0 unspecified atom stereocenters. The van der Waals surface area contributed by atoms with Gasteiger partial charge in [0.1, 0.15) is 11.5 Å². The second-order valence-corrected chi connectivity index (χ2v) is 6.36. The van der Waals surface area contributed by atoms with Crippen LogP contribution in [0.25, 0.3) is 0 Å². The number of nitrogens with one attached hydrogen (secondary N) is 1. The van der Waals surface area contributed by atoms with Gasteiger partial charge in [0.2, 0.25) is 5.91 Å². The van der Waals surface area contributed by atoms with Crippen LogP contribution in [0.5, 0.6) is 11.5 Å². The smallest absolute Gasteiger partial charge is 0.230 e. The van der Waals surface area contributed by atoms with Crippen molar-refractivity contribution in [3.05, 3.63) is 59.7 Å². The van der Waals surface area contributed by atoms with Crippen LogP contribution < -0.4 is 14.8 Å². The SMILES string of the molecule is COc1ccc(OC)c([C@H](C)NC(=O)CSCc2ccccc2)c1. The first kappa shape index (κ1) is 18.2. The molecule has 2 rings (SSSR count). The first-order chi connectivity index (χ1) is 11.6. The van der Waals surface area contributed by atoms with E-state index in [2.05, 4.69) is 17.4 Å². The Balaban J connectivity index is 1.89. The zero-order valence-corrected chi connectivity index (χ0v) is 15.1. The summed E-state index contributed by atoms with van der Waals surface area (Å²) >= 11 is 1.60. The summed E-state index contributed by atoms with van der Waals surface area (Å²) in [6.45, 7) is 1.94. The normalized spacial score (nSPS) is 11.6. The van der Waals surface area contributed by atoms with Crippen molar-refractivity contribution in [2.24, 2.45) is 0 Å². The van der Waals surface area contributed by atoms with Crippen LogP contribution in [0.1, 0.15) is 24.1 Å². The molecule has 0 radical (unpaired) electrons. The monoisotopic (exact) mass is 345 g/mol. The van der Waals surface area contributed by atoms with Crippen molar-refractivity contribution < 1.29 is 14.3 Å². The molecule has 0 spiro atoms. The minimum absolute atomic E-state index is 0.00769. The fourth-order valence-electron chi connectivity index (χ4n) is 2.37. The molecule has 0 bridgehead atoms. The molecule has 0 fully saturated rings. The van der Waals surface area contributed by atoms with Crippen LogP contribution in [0.2, 0.25) is 0 Å². The molecule has 24 heavy (non-hydrogen) atoms. The predicted molar refractivity (Wildman–Crippen MR) is 98.7 cm³/mol. The third kappa shape index (κ3) is 5.20. The Morgan fingerprint density at radius 1 is 1.12 bits per heavy atom.